The van der Waals surface area contributed by atoms with Crippen LogP contribution < -0.4 is 14.8 Å². The summed E-state index contributed by atoms with van der Waals surface area (Å²) in [6.07, 6.45) is 0. The number of nitrogens with one attached hydrogen (secondary N) is 1. The summed E-state index contributed by atoms with van der Waals surface area (Å²) >= 11 is 0. The first-order valence-electron chi connectivity index (χ1n) is 9.72. The normalized spacial score (nSPS) is 10.9. The lowest BCUT2D eigenvalue weighted by molar-refractivity contribution is -0.136. The van der Waals surface area contributed by atoms with Crippen molar-refractivity contribution < 1.29 is 19.1 Å². The lowest BCUT2D eigenvalue weighted by Crippen LogP contribution is -2.27. The Balaban J connectivity index is 1.53. The van der Waals surface area contributed by atoms with Crippen LogP contribution in [0.1, 0.15) is 20.8 Å². The molecular weight excluding hydrogens is 378 g/mol. The second-order valence-electron chi connectivity index (χ2n) is 7.89. The molecule has 0 aliphatic carbocycles. The third-order valence-electron chi connectivity index (χ3n) is 4.32. The number of hydrogen-bond acceptors (Lipinski definition) is 4. The highest BCUT2D eigenvalue weighted by atomic mass is 16.6. The zero-order chi connectivity index (χ0) is 21.6. The van der Waals surface area contributed by atoms with Gasteiger partial charge in [-0.2, -0.15) is 0 Å². The molecule has 0 radical (unpaired) electrons. The second kappa shape index (κ2) is 9.27. The van der Waals surface area contributed by atoms with Crippen molar-refractivity contribution >= 4 is 17.6 Å². The van der Waals surface area contributed by atoms with Gasteiger partial charge in [0, 0.05) is 17.2 Å². The van der Waals surface area contributed by atoms with E-state index in [0.29, 0.717) is 17.2 Å². The Kier molecular flexibility index (Phi) is 6.52. The lowest BCUT2D eigenvalue weighted by Gasteiger charge is -2.18. The number of hydrogen-bond donors (Lipinski definition) is 1. The number of amides is 1. The molecular formula is C25H25NO4. The topological polar surface area (TPSA) is 64.6 Å². The quantitative estimate of drug-likeness (QED) is 0.447. The van der Waals surface area contributed by atoms with Crippen LogP contribution in [0.25, 0.3) is 11.1 Å². The molecule has 3 aromatic rings. The molecule has 0 heterocycles. The fourth-order valence-corrected chi connectivity index (χ4v) is 2.63. The van der Waals surface area contributed by atoms with Gasteiger partial charge in [-0.25, -0.2) is 4.79 Å². The Labute approximate surface area is 176 Å². The molecule has 5 heteroatoms. The Morgan fingerprint density at radius 1 is 0.800 bits per heavy atom. The number of benzene rings is 3. The first-order chi connectivity index (χ1) is 14.3. The Morgan fingerprint density at radius 2 is 1.47 bits per heavy atom. The van der Waals surface area contributed by atoms with Crippen LogP contribution in [-0.2, 0) is 9.59 Å². The highest BCUT2D eigenvalue weighted by Crippen LogP contribution is 2.23. The van der Waals surface area contributed by atoms with E-state index in [1.165, 1.54) is 0 Å². The smallest absolute Gasteiger partial charge is 0.349 e. The van der Waals surface area contributed by atoms with E-state index in [1.54, 1.807) is 36.4 Å². The maximum absolute atomic E-state index is 12.1. The summed E-state index contributed by atoms with van der Waals surface area (Å²) in [6, 6.07) is 24.2. The number of carbonyl (C=O) groups excluding carboxylic acids is 2. The largest absolute Gasteiger partial charge is 0.482 e. The zero-order valence-electron chi connectivity index (χ0n) is 17.3. The molecule has 0 saturated heterocycles. The van der Waals surface area contributed by atoms with Crippen LogP contribution in [-0.4, -0.2) is 18.5 Å². The third kappa shape index (κ3) is 5.95. The van der Waals surface area contributed by atoms with Crippen molar-refractivity contribution in [1.82, 2.24) is 0 Å². The van der Waals surface area contributed by atoms with Crippen LogP contribution in [0.5, 0.6) is 11.5 Å². The van der Waals surface area contributed by atoms with Crippen molar-refractivity contribution in [2.75, 3.05) is 11.9 Å². The molecule has 0 bridgehead atoms. The summed E-state index contributed by atoms with van der Waals surface area (Å²) < 4.78 is 10.8. The van der Waals surface area contributed by atoms with Gasteiger partial charge < -0.3 is 14.8 Å². The minimum absolute atomic E-state index is 0.0991. The minimum atomic E-state index is -0.508. The number of rotatable bonds is 6. The van der Waals surface area contributed by atoms with Gasteiger partial charge in [0.1, 0.15) is 11.5 Å². The van der Waals surface area contributed by atoms with Crippen molar-refractivity contribution in [3.8, 4) is 22.6 Å². The molecule has 1 N–H and O–H groups in total. The Morgan fingerprint density at radius 3 is 2.13 bits per heavy atom. The molecule has 3 rings (SSSR count). The molecule has 3 aromatic carbocycles. The fraction of sp³-hybridized carbons (Fsp3) is 0.200. The van der Waals surface area contributed by atoms with E-state index < -0.39 is 11.4 Å². The van der Waals surface area contributed by atoms with Crippen molar-refractivity contribution in [2.24, 2.45) is 5.41 Å². The predicted molar refractivity (Wildman–Crippen MR) is 118 cm³/mol. The van der Waals surface area contributed by atoms with E-state index in [9.17, 15) is 9.59 Å². The highest BCUT2D eigenvalue weighted by Gasteiger charge is 2.21. The second-order valence-corrected chi connectivity index (χ2v) is 7.89. The van der Waals surface area contributed by atoms with Crippen molar-refractivity contribution in [1.29, 1.82) is 0 Å². The van der Waals surface area contributed by atoms with E-state index >= 15 is 0 Å². The summed E-state index contributed by atoms with van der Waals surface area (Å²) in [5.41, 5.74) is 2.24. The van der Waals surface area contributed by atoms with Gasteiger partial charge >= 0.3 is 5.97 Å². The lowest BCUT2D eigenvalue weighted by atomic mass is 9.95. The molecule has 0 spiro atoms. The van der Waals surface area contributed by atoms with E-state index in [0.717, 1.165) is 11.1 Å². The first-order valence-corrected chi connectivity index (χ1v) is 9.72. The van der Waals surface area contributed by atoms with Gasteiger partial charge in [-0.15, -0.1) is 0 Å². The molecule has 0 fully saturated rings. The van der Waals surface area contributed by atoms with Crippen molar-refractivity contribution in [2.45, 2.75) is 20.8 Å². The third-order valence-corrected chi connectivity index (χ3v) is 4.32. The SMILES string of the molecule is CC(C)(C)C(=O)Nc1cccc(OCC(=O)Oc2ccc(-c3ccccc3)cc2)c1. The zero-order valence-corrected chi connectivity index (χ0v) is 17.3. The highest BCUT2D eigenvalue weighted by molar-refractivity contribution is 5.94. The number of carbonyl (C=O) groups is 2. The molecule has 0 aliphatic rings. The van der Waals surface area contributed by atoms with Crippen molar-refractivity contribution in [3.05, 3.63) is 78.9 Å². The van der Waals surface area contributed by atoms with Crippen LogP contribution >= 0.6 is 0 Å². The van der Waals surface area contributed by atoms with Crippen LogP contribution in [0, 0.1) is 5.41 Å². The summed E-state index contributed by atoms with van der Waals surface area (Å²) in [5.74, 6) is 0.317. The van der Waals surface area contributed by atoms with Gasteiger partial charge in [-0.3, -0.25) is 4.79 Å². The minimum Gasteiger partial charge on any atom is -0.482 e. The molecule has 0 unspecified atom stereocenters. The standard InChI is InChI=1S/C25H25NO4/c1-25(2,3)24(28)26-20-10-7-11-22(16-20)29-17-23(27)30-21-14-12-19(13-15-21)18-8-5-4-6-9-18/h4-16H,17H2,1-3H3,(H,26,28). The van der Waals surface area contributed by atoms with Crippen LogP contribution in [0.2, 0.25) is 0 Å². The molecule has 5 nitrogen and oxygen atoms in total. The van der Waals surface area contributed by atoms with Gasteiger partial charge in [-0.05, 0) is 35.4 Å². The number of esters is 1. The van der Waals surface area contributed by atoms with Gasteiger partial charge in [0.2, 0.25) is 5.91 Å². The average Bonchev–Trinajstić information content (AvgIpc) is 2.73. The van der Waals surface area contributed by atoms with Crippen LogP contribution in [0.15, 0.2) is 78.9 Å². The van der Waals surface area contributed by atoms with E-state index in [-0.39, 0.29) is 12.5 Å². The number of ether oxygens (including phenoxy) is 2. The molecule has 154 valence electrons. The molecule has 0 aromatic heterocycles. The molecule has 1 amide bonds. The fourth-order valence-electron chi connectivity index (χ4n) is 2.63. The van der Waals surface area contributed by atoms with Gasteiger partial charge in [0.25, 0.3) is 0 Å². The summed E-state index contributed by atoms with van der Waals surface area (Å²) in [6.45, 7) is 5.28. The molecule has 0 saturated carbocycles. The van der Waals surface area contributed by atoms with E-state index in [4.69, 9.17) is 9.47 Å². The van der Waals surface area contributed by atoms with Crippen LogP contribution in [0.4, 0.5) is 5.69 Å². The van der Waals surface area contributed by atoms with E-state index in [2.05, 4.69) is 5.32 Å². The van der Waals surface area contributed by atoms with Gasteiger partial charge in [0.15, 0.2) is 6.61 Å². The molecule has 30 heavy (non-hydrogen) atoms. The summed E-state index contributed by atoms with van der Waals surface area (Å²) in [4.78, 5) is 24.2. The molecule has 0 atom stereocenters. The first kappa shape index (κ1) is 21.1. The maximum atomic E-state index is 12.1. The summed E-state index contributed by atoms with van der Waals surface area (Å²) in [7, 11) is 0. The summed E-state index contributed by atoms with van der Waals surface area (Å²) in [5, 5.41) is 2.83. The van der Waals surface area contributed by atoms with Gasteiger partial charge in [-0.1, -0.05) is 69.3 Å². The predicted octanol–water partition coefficient (Wildman–Crippen LogP) is 5.32. The maximum Gasteiger partial charge on any atom is 0.349 e. The number of anilines is 1. The van der Waals surface area contributed by atoms with Gasteiger partial charge in [0.05, 0.1) is 0 Å². The molecule has 0 aliphatic heterocycles. The van der Waals surface area contributed by atoms with Crippen LogP contribution in [0.3, 0.4) is 0 Å². The average molecular weight is 403 g/mol. The Hall–Kier alpha value is -3.60. The van der Waals surface area contributed by atoms with E-state index in [1.807, 2.05) is 63.2 Å². The Bertz CT molecular complexity index is 1010. The van der Waals surface area contributed by atoms with Crippen molar-refractivity contribution in [3.63, 3.8) is 0 Å². The monoisotopic (exact) mass is 403 g/mol.